The Kier molecular flexibility index (Phi) is 5.51. The molecule has 3 aromatic rings. The maximum atomic E-state index is 10.1. The van der Waals surface area contributed by atoms with Crippen molar-refractivity contribution in [3.05, 3.63) is 88.2 Å². The molecule has 3 nitrogen and oxygen atoms in total. The van der Waals surface area contributed by atoms with Gasteiger partial charge in [0.15, 0.2) is 11.5 Å². The molecular formula is C21H18BrNO2. The van der Waals surface area contributed by atoms with Crippen molar-refractivity contribution in [3.8, 4) is 11.5 Å². The molecule has 0 unspecified atom stereocenters. The van der Waals surface area contributed by atoms with Gasteiger partial charge in [0.2, 0.25) is 0 Å². The van der Waals surface area contributed by atoms with Crippen LogP contribution in [0.15, 0.2) is 71.5 Å². The lowest BCUT2D eigenvalue weighted by molar-refractivity contribution is 0.317. The minimum absolute atomic E-state index is 0.115. The van der Waals surface area contributed by atoms with E-state index in [0.29, 0.717) is 16.8 Å². The molecule has 0 saturated heterocycles. The van der Waals surface area contributed by atoms with Crippen LogP contribution < -0.4 is 4.74 Å². The van der Waals surface area contributed by atoms with Crippen molar-refractivity contribution < 1.29 is 9.84 Å². The zero-order chi connectivity index (χ0) is 17.6. The maximum absolute atomic E-state index is 10.1. The molecule has 4 heteroatoms. The van der Waals surface area contributed by atoms with Gasteiger partial charge in [0.05, 0.1) is 11.1 Å². The molecule has 0 spiro atoms. The maximum Gasteiger partial charge on any atom is 0.172 e. The zero-order valence-electron chi connectivity index (χ0n) is 13.8. The molecule has 0 fully saturated rings. The van der Waals surface area contributed by atoms with Gasteiger partial charge in [-0.3, -0.25) is 4.98 Å². The number of hydrogen-bond donors (Lipinski definition) is 1. The van der Waals surface area contributed by atoms with Crippen molar-refractivity contribution in [3.63, 3.8) is 0 Å². The van der Waals surface area contributed by atoms with Crippen molar-refractivity contribution >= 4 is 27.6 Å². The molecule has 0 aliphatic carbocycles. The summed E-state index contributed by atoms with van der Waals surface area (Å²) in [6, 6.07) is 17.9. The number of pyridine rings is 1. The van der Waals surface area contributed by atoms with Gasteiger partial charge in [0, 0.05) is 12.4 Å². The fraction of sp³-hybridized carbons (Fsp3) is 0.0952. The van der Waals surface area contributed by atoms with Crippen molar-refractivity contribution in [2.75, 3.05) is 6.61 Å². The number of halogens is 1. The highest BCUT2D eigenvalue weighted by molar-refractivity contribution is 9.10. The normalized spacial score (nSPS) is 11.4. The topological polar surface area (TPSA) is 42.4 Å². The molecule has 0 amide bonds. The monoisotopic (exact) mass is 395 g/mol. The smallest absolute Gasteiger partial charge is 0.172 e. The van der Waals surface area contributed by atoms with Crippen LogP contribution in [0.2, 0.25) is 0 Å². The Balaban J connectivity index is 2.14. The van der Waals surface area contributed by atoms with Gasteiger partial charge in [-0.05, 0) is 75.5 Å². The lowest BCUT2D eigenvalue weighted by Crippen LogP contribution is -1.93. The van der Waals surface area contributed by atoms with Gasteiger partial charge in [-0.25, -0.2) is 0 Å². The molecule has 1 heterocycles. The summed E-state index contributed by atoms with van der Waals surface area (Å²) in [5.74, 6) is 0.578. The van der Waals surface area contributed by atoms with E-state index >= 15 is 0 Å². The molecule has 25 heavy (non-hydrogen) atoms. The molecule has 0 atom stereocenters. The molecule has 0 bridgehead atoms. The van der Waals surface area contributed by atoms with Crippen molar-refractivity contribution in [2.24, 2.45) is 0 Å². The number of hydrogen-bond acceptors (Lipinski definition) is 3. The summed E-state index contributed by atoms with van der Waals surface area (Å²) >= 11 is 3.40. The molecule has 0 aliphatic rings. The van der Waals surface area contributed by atoms with Gasteiger partial charge in [-0.15, -0.1) is 0 Å². The Hall–Kier alpha value is -2.59. The molecule has 0 saturated carbocycles. The average Bonchev–Trinajstić information content (AvgIpc) is 2.65. The van der Waals surface area contributed by atoms with E-state index in [1.54, 1.807) is 12.4 Å². The first kappa shape index (κ1) is 17.2. The molecule has 1 N–H and O–H groups in total. The van der Waals surface area contributed by atoms with Crippen molar-refractivity contribution in [1.29, 1.82) is 0 Å². The van der Waals surface area contributed by atoms with E-state index in [1.807, 2.05) is 49.4 Å². The SMILES string of the molecule is CCOc1cc(/C=C(\c2ccccc2)c2ccncc2)cc(Br)c1O. The van der Waals surface area contributed by atoms with Crippen LogP contribution in [0.3, 0.4) is 0 Å². The highest BCUT2D eigenvalue weighted by Crippen LogP contribution is 2.37. The number of phenols is 1. The fourth-order valence-corrected chi connectivity index (χ4v) is 3.05. The molecule has 0 radical (unpaired) electrons. The van der Waals surface area contributed by atoms with E-state index in [2.05, 4.69) is 39.1 Å². The predicted octanol–water partition coefficient (Wildman–Crippen LogP) is 5.54. The summed E-state index contributed by atoms with van der Waals surface area (Å²) in [7, 11) is 0. The van der Waals surface area contributed by atoms with E-state index < -0.39 is 0 Å². The number of phenolic OH excluding ortho intramolecular Hbond substituents is 1. The Morgan fingerprint density at radius 3 is 2.44 bits per heavy atom. The average molecular weight is 396 g/mol. The predicted molar refractivity (Wildman–Crippen MR) is 105 cm³/mol. The van der Waals surface area contributed by atoms with Crippen molar-refractivity contribution in [1.82, 2.24) is 4.98 Å². The fourth-order valence-electron chi connectivity index (χ4n) is 2.59. The first-order valence-corrected chi connectivity index (χ1v) is 8.81. The van der Waals surface area contributed by atoms with Gasteiger partial charge >= 0.3 is 0 Å². The van der Waals surface area contributed by atoms with Crippen molar-refractivity contribution in [2.45, 2.75) is 6.92 Å². The minimum atomic E-state index is 0.115. The largest absolute Gasteiger partial charge is 0.503 e. The second-order valence-electron chi connectivity index (χ2n) is 5.44. The van der Waals surface area contributed by atoms with Crippen LogP contribution in [0.5, 0.6) is 11.5 Å². The van der Waals surface area contributed by atoms with E-state index in [9.17, 15) is 5.11 Å². The first-order chi connectivity index (χ1) is 12.2. The summed E-state index contributed by atoms with van der Waals surface area (Å²) < 4.78 is 6.14. The highest BCUT2D eigenvalue weighted by atomic mass is 79.9. The van der Waals surface area contributed by atoms with E-state index in [-0.39, 0.29) is 5.75 Å². The number of ether oxygens (including phenoxy) is 1. The van der Waals surface area contributed by atoms with Crippen LogP contribution in [0.1, 0.15) is 23.6 Å². The lowest BCUT2D eigenvalue weighted by Gasteiger charge is -2.11. The van der Waals surface area contributed by atoms with Gasteiger partial charge in [-0.2, -0.15) is 0 Å². The second kappa shape index (κ2) is 7.99. The van der Waals surface area contributed by atoms with Crippen LogP contribution >= 0.6 is 15.9 Å². The third kappa shape index (κ3) is 4.09. The summed E-state index contributed by atoms with van der Waals surface area (Å²) in [5, 5.41) is 10.1. The van der Waals surface area contributed by atoms with Crippen LogP contribution in [0, 0.1) is 0 Å². The number of aromatic nitrogens is 1. The standard InChI is InChI=1S/C21H18BrNO2/c1-2-25-20-14-15(13-19(22)21(20)24)12-18(16-6-4-3-5-7-16)17-8-10-23-11-9-17/h3-14,24H,2H2,1H3/b18-12+. The second-order valence-corrected chi connectivity index (χ2v) is 6.30. The molecular weight excluding hydrogens is 378 g/mol. The van der Waals surface area contributed by atoms with Gasteiger partial charge in [0.1, 0.15) is 0 Å². The number of benzene rings is 2. The summed E-state index contributed by atoms with van der Waals surface area (Å²) in [5.41, 5.74) is 4.19. The molecule has 2 aromatic carbocycles. The van der Waals surface area contributed by atoms with E-state index in [0.717, 1.165) is 22.3 Å². The third-order valence-electron chi connectivity index (χ3n) is 3.74. The molecule has 0 aliphatic heterocycles. The Morgan fingerprint density at radius 1 is 1.08 bits per heavy atom. The number of nitrogens with zero attached hydrogens (tertiary/aromatic N) is 1. The number of aromatic hydroxyl groups is 1. The minimum Gasteiger partial charge on any atom is -0.503 e. The summed E-state index contributed by atoms with van der Waals surface area (Å²) in [6.45, 7) is 2.38. The van der Waals surface area contributed by atoms with Crippen LogP contribution in [0.25, 0.3) is 11.6 Å². The lowest BCUT2D eigenvalue weighted by atomic mass is 9.96. The molecule has 126 valence electrons. The van der Waals surface area contributed by atoms with Gasteiger partial charge in [-0.1, -0.05) is 30.3 Å². The zero-order valence-corrected chi connectivity index (χ0v) is 15.4. The molecule has 3 rings (SSSR count). The van der Waals surface area contributed by atoms with Gasteiger partial charge in [0.25, 0.3) is 0 Å². The Bertz CT molecular complexity index is 836. The Labute approximate surface area is 155 Å². The summed E-state index contributed by atoms with van der Waals surface area (Å²) in [4.78, 5) is 4.10. The van der Waals surface area contributed by atoms with Crippen LogP contribution in [-0.4, -0.2) is 16.7 Å². The Morgan fingerprint density at radius 2 is 1.76 bits per heavy atom. The van der Waals surface area contributed by atoms with E-state index in [4.69, 9.17) is 4.74 Å². The highest BCUT2D eigenvalue weighted by Gasteiger charge is 2.10. The van der Waals surface area contributed by atoms with Crippen LogP contribution in [0.4, 0.5) is 0 Å². The number of rotatable bonds is 5. The van der Waals surface area contributed by atoms with Crippen LogP contribution in [-0.2, 0) is 0 Å². The van der Waals surface area contributed by atoms with E-state index in [1.165, 1.54) is 0 Å². The third-order valence-corrected chi connectivity index (χ3v) is 4.34. The molecule has 1 aromatic heterocycles. The summed E-state index contributed by atoms with van der Waals surface area (Å²) in [6.07, 6.45) is 5.65. The first-order valence-electron chi connectivity index (χ1n) is 8.02. The quantitative estimate of drug-likeness (QED) is 0.576. The van der Waals surface area contributed by atoms with Gasteiger partial charge < -0.3 is 9.84 Å².